The topological polar surface area (TPSA) is 0 Å². The first kappa shape index (κ1) is 13.7. The Bertz CT molecular complexity index is 539. The highest BCUT2D eigenvalue weighted by Gasteiger charge is 2.36. The second kappa shape index (κ2) is 5.08. The van der Waals surface area contributed by atoms with Crippen molar-refractivity contribution in [2.24, 2.45) is 0 Å². The molecule has 0 unspecified atom stereocenters. The van der Waals surface area contributed by atoms with Crippen molar-refractivity contribution in [3.05, 3.63) is 59.2 Å². The van der Waals surface area contributed by atoms with Crippen molar-refractivity contribution < 1.29 is 0 Å². The highest BCUT2D eigenvalue weighted by Crippen LogP contribution is 2.20. The second-order valence-corrected chi connectivity index (χ2v) is 10.9. The zero-order chi connectivity index (χ0) is 13.3. The molecule has 0 saturated heterocycles. The quantitative estimate of drug-likeness (QED) is 0.586. The summed E-state index contributed by atoms with van der Waals surface area (Å²) >= 11 is 13.5. The number of hydrogen-bond donors (Lipinski definition) is 0. The summed E-state index contributed by atoms with van der Waals surface area (Å²) in [5, 5.41) is 2.17. The maximum absolute atomic E-state index is 6.75. The molecule has 0 atom stereocenters. The van der Waals surface area contributed by atoms with E-state index in [-0.39, 0.29) is 0 Å². The van der Waals surface area contributed by atoms with Crippen LogP contribution in [0.1, 0.15) is 16.7 Å². The fraction of sp³-hybridized carbons (Fsp3) is 0.200. The Morgan fingerprint density at radius 1 is 0.833 bits per heavy atom. The summed E-state index contributed by atoms with van der Waals surface area (Å²) in [5.41, 5.74) is 3.63. The van der Waals surface area contributed by atoms with Gasteiger partial charge < -0.3 is 0 Å². The maximum atomic E-state index is 6.75. The van der Waals surface area contributed by atoms with E-state index in [9.17, 15) is 0 Å². The van der Waals surface area contributed by atoms with Gasteiger partial charge in [-0.3, -0.25) is 0 Å². The molecule has 0 aromatic heterocycles. The van der Waals surface area contributed by atoms with Gasteiger partial charge in [0, 0.05) is 0 Å². The second-order valence-electron chi connectivity index (χ2n) is 4.71. The number of hydrogen-bond acceptors (Lipinski definition) is 0. The molecule has 0 amide bonds. The van der Waals surface area contributed by atoms with Crippen LogP contribution in [0.15, 0.2) is 42.5 Å². The van der Waals surface area contributed by atoms with Gasteiger partial charge in [0.15, 0.2) is 0 Å². The van der Waals surface area contributed by atoms with Crippen LogP contribution in [0, 0.1) is 20.8 Å². The van der Waals surface area contributed by atoms with E-state index in [1.807, 2.05) is 30.3 Å². The first-order chi connectivity index (χ1) is 8.43. The van der Waals surface area contributed by atoms with Gasteiger partial charge >= 0.3 is 6.69 Å². The zero-order valence-corrected chi connectivity index (χ0v) is 13.3. The molecule has 0 N–H and O–H groups in total. The summed E-state index contributed by atoms with van der Waals surface area (Å²) in [7, 11) is 0. The van der Waals surface area contributed by atoms with Crippen molar-refractivity contribution >= 4 is 39.2 Å². The van der Waals surface area contributed by atoms with Gasteiger partial charge in [-0.1, -0.05) is 48.0 Å². The lowest BCUT2D eigenvalue weighted by atomic mass is 10.1. The summed E-state index contributed by atoms with van der Waals surface area (Å²) in [6.45, 7) is 3.65. The van der Waals surface area contributed by atoms with Crippen LogP contribution < -0.4 is 10.4 Å². The third kappa shape index (κ3) is 2.49. The molecular formula is C15H16Cl2Si. The van der Waals surface area contributed by atoms with Crippen molar-refractivity contribution in [1.29, 1.82) is 0 Å². The van der Waals surface area contributed by atoms with E-state index in [0.717, 1.165) is 10.4 Å². The van der Waals surface area contributed by atoms with E-state index in [1.54, 1.807) is 0 Å². The minimum Gasteiger partial charge on any atom is -0.134 e. The largest absolute Gasteiger partial charge is 0.310 e. The lowest BCUT2D eigenvalue weighted by Gasteiger charge is -2.22. The Balaban J connectivity index is 2.61. The Morgan fingerprint density at radius 3 is 1.83 bits per heavy atom. The van der Waals surface area contributed by atoms with Crippen molar-refractivity contribution in [2.75, 3.05) is 0 Å². The van der Waals surface area contributed by atoms with Gasteiger partial charge in [-0.05, 0) is 42.3 Å². The predicted molar refractivity (Wildman–Crippen MR) is 83.8 cm³/mol. The summed E-state index contributed by atoms with van der Waals surface area (Å²) in [6, 6.07) is 14.3. The minimum atomic E-state index is -2.62. The third-order valence-corrected chi connectivity index (χ3v) is 8.05. The Hall–Kier alpha value is -0.763. The minimum absolute atomic E-state index is 1.04. The molecule has 0 spiro atoms. The first-order valence-corrected chi connectivity index (χ1v) is 9.97. The van der Waals surface area contributed by atoms with Crippen LogP contribution in [0.5, 0.6) is 0 Å². The van der Waals surface area contributed by atoms with Gasteiger partial charge in [0.25, 0.3) is 0 Å². The number of benzene rings is 2. The van der Waals surface area contributed by atoms with E-state index in [2.05, 4.69) is 32.9 Å². The summed E-state index contributed by atoms with van der Waals surface area (Å²) < 4.78 is 0. The van der Waals surface area contributed by atoms with E-state index < -0.39 is 6.69 Å². The molecule has 94 valence electrons. The zero-order valence-electron chi connectivity index (χ0n) is 10.8. The maximum Gasteiger partial charge on any atom is 0.310 e. The van der Waals surface area contributed by atoms with Crippen LogP contribution in [0.25, 0.3) is 0 Å². The van der Waals surface area contributed by atoms with Gasteiger partial charge in [-0.2, -0.15) is 0 Å². The van der Waals surface area contributed by atoms with E-state index in [0.29, 0.717) is 0 Å². The van der Waals surface area contributed by atoms with Crippen molar-refractivity contribution in [3.63, 3.8) is 0 Å². The SMILES string of the molecule is Cc1cc(C)c([Si](Cl)(Cl)c2ccccc2)c(C)c1. The van der Waals surface area contributed by atoms with Gasteiger partial charge in [0.05, 0.1) is 0 Å². The van der Waals surface area contributed by atoms with Crippen LogP contribution in [-0.2, 0) is 0 Å². The fourth-order valence-corrected chi connectivity index (χ4v) is 7.05. The van der Waals surface area contributed by atoms with Gasteiger partial charge in [-0.15, -0.1) is 22.2 Å². The summed E-state index contributed by atoms with van der Waals surface area (Å²) in [6.07, 6.45) is 0. The van der Waals surface area contributed by atoms with Crippen LogP contribution in [0.3, 0.4) is 0 Å². The molecule has 0 radical (unpaired) electrons. The van der Waals surface area contributed by atoms with Crippen molar-refractivity contribution in [1.82, 2.24) is 0 Å². The monoisotopic (exact) mass is 294 g/mol. The smallest absolute Gasteiger partial charge is 0.134 e. The van der Waals surface area contributed by atoms with Gasteiger partial charge in [0.1, 0.15) is 0 Å². The molecule has 2 aromatic rings. The van der Waals surface area contributed by atoms with Crippen LogP contribution in [0.4, 0.5) is 0 Å². The third-order valence-electron chi connectivity index (χ3n) is 3.13. The lowest BCUT2D eigenvalue weighted by Crippen LogP contribution is -2.51. The Kier molecular flexibility index (Phi) is 3.86. The van der Waals surface area contributed by atoms with Gasteiger partial charge in [-0.25, -0.2) is 0 Å². The van der Waals surface area contributed by atoms with Crippen molar-refractivity contribution in [2.45, 2.75) is 20.8 Å². The molecule has 0 aliphatic heterocycles. The predicted octanol–water partition coefficient (Wildman–Crippen LogP) is 3.65. The van der Waals surface area contributed by atoms with Crippen molar-refractivity contribution in [3.8, 4) is 0 Å². The molecule has 0 fully saturated rings. The van der Waals surface area contributed by atoms with Crippen LogP contribution in [-0.4, -0.2) is 6.69 Å². The summed E-state index contributed by atoms with van der Waals surface area (Å²) in [5.74, 6) is 0. The number of aryl methyl sites for hydroxylation is 3. The van der Waals surface area contributed by atoms with E-state index >= 15 is 0 Å². The Morgan fingerprint density at radius 2 is 1.33 bits per heavy atom. The number of halogens is 2. The molecule has 3 heteroatoms. The highest BCUT2D eigenvalue weighted by molar-refractivity contribution is 7.56. The average molecular weight is 295 g/mol. The van der Waals surface area contributed by atoms with E-state index in [1.165, 1.54) is 16.7 Å². The molecule has 2 rings (SSSR count). The van der Waals surface area contributed by atoms with Crippen LogP contribution in [0.2, 0.25) is 0 Å². The fourth-order valence-electron chi connectivity index (χ4n) is 2.47. The van der Waals surface area contributed by atoms with E-state index in [4.69, 9.17) is 22.2 Å². The lowest BCUT2D eigenvalue weighted by molar-refractivity contribution is 1.35. The molecule has 0 bridgehead atoms. The highest BCUT2D eigenvalue weighted by atomic mass is 35.7. The molecule has 0 aliphatic carbocycles. The Labute approximate surface area is 119 Å². The molecule has 18 heavy (non-hydrogen) atoms. The standard InChI is InChI=1S/C15H16Cl2Si/c1-11-9-12(2)15(13(3)10-11)18(16,17)14-7-5-4-6-8-14/h4-10H,1-3H3. The molecule has 2 aromatic carbocycles. The molecule has 0 aliphatic rings. The average Bonchev–Trinajstić information content (AvgIpc) is 2.28. The molecular weight excluding hydrogens is 279 g/mol. The van der Waals surface area contributed by atoms with Gasteiger partial charge in [0.2, 0.25) is 0 Å². The summed E-state index contributed by atoms with van der Waals surface area (Å²) in [4.78, 5) is 0. The number of rotatable bonds is 2. The molecule has 0 heterocycles. The normalized spacial score (nSPS) is 11.6. The molecule has 0 nitrogen and oxygen atoms in total. The first-order valence-electron chi connectivity index (χ1n) is 5.94. The van der Waals surface area contributed by atoms with Crippen LogP contribution >= 0.6 is 22.2 Å². The molecule has 0 saturated carbocycles.